The topological polar surface area (TPSA) is 9.90 Å². The first-order chi connectivity index (χ1) is 9.20. The van der Waals surface area contributed by atoms with E-state index >= 15 is 0 Å². The van der Waals surface area contributed by atoms with Gasteiger partial charge in [-0.3, -0.25) is 0 Å². The number of hydrogen-bond acceptors (Lipinski definition) is 0. The van der Waals surface area contributed by atoms with Crippen LogP contribution in [0.1, 0.15) is 25.2 Å². The van der Waals surface area contributed by atoms with Gasteiger partial charge >= 0.3 is 5.79 Å². The molecule has 2 aliphatic heterocycles. The van der Waals surface area contributed by atoms with E-state index in [0.717, 1.165) is 0 Å². The maximum Gasteiger partial charge on any atom is 0.549 e. The zero-order valence-corrected chi connectivity index (χ0v) is 14.8. The standard InChI is InChI=1S/C16H26N3Si/c1-12-14-9-8-10-15-13(2)18(4)16(17(12)3,19(14)15)11-20(5,6)7/h8-10H,11H2,1-7H3/q+3. The molecular formula is C16H26N3Si+3. The van der Waals surface area contributed by atoms with Gasteiger partial charge in [-0.15, -0.1) is 9.15 Å². The molecule has 0 saturated carbocycles. The van der Waals surface area contributed by atoms with Crippen LogP contribution in [0.25, 0.3) is 0 Å². The van der Waals surface area contributed by atoms with Gasteiger partial charge in [0.25, 0.3) is 22.8 Å². The SMILES string of the molecule is CC1=[N+](C)C2(C[Si](C)(C)C)[N+](C)=C(C)c3cccc1[n+]32. The third-order valence-electron chi connectivity index (χ3n) is 4.94. The first-order valence-electron chi connectivity index (χ1n) is 7.41. The second-order valence-corrected chi connectivity index (χ2v) is 12.9. The molecule has 0 fully saturated rings. The molecule has 0 N–H and O–H groups in total. The summed E-state index contributed by atoms with van der Waals surface area (Å²) < 4.78 is 7.54. The van der Waals surface area contributed by atoms with Crippen molar-refractivity contribution in [2.45, 2.75) is 45.3 Å². The molecule has 0 bridgehead atoms. The van der Waals surface area contributed by atoms with E-state index in [9.17, 15) is 0 Å². The average Bonchev–Trinajstić information content (AvgIpc) is 2.70. The Morgan fingerprint density at radius 2 is 1.40 bits per heavy atom. The Bertz CT molecular complexity index is 633. The summed E-state index contributed by atoms with van der Waals surface area (Å²) in [6.45, 7) is 11.9. The van der Waals surface area contributed by atoms with E-state index in [1.54, 1.807) is 0 Å². The van der Waals surface area contributed by atoms with Crippen molar-refractivity contribution in [3.63, 3.8) is 0 Å². The van der Waals surface area contributed by atoms with E-state index in [2.05, 4.69) is 79.5 Å². The fourth-order valence-electron chi connectivity index (χ4n) is 3.89. The summed E-state index contributed by atoms with van der Waals surface area (Å²) in [6, 6.07) is 7.93. The normalized spacial score (nSPS) is 19.9. The molecule has 0 spiro atoms. The molecule has 0 radical (unpaired) electrons. The number of rotatable bonds is 2. The van der Waals surface area contributed by atoms with Crippen LogP contribution >= 0.6 is 0 Å². The molecule has 0 atom stereocenters. The molecule has 106 valence electrons. The summed E-state index contributed by atoms with van der Waals surface area (Å²) in [5.41, 5.74) is 5.49. The summed E-state index contributed by atoms with van der Waals surface area (Å²) in [4.78, 5) is 0. The Morgan fingerprint density at radius 3 is 1.80 bits per heavy atom. The minimum atomic E-state index is -1.22. The van der Waals surface area contributed by atoms with Crippen LogP contribution in [0, 0.1) is 0 Å². The predicted molar refractivity (Wildman–Crippen MR) is 84.7 cm³/mol. The molecule has 0 saturated heterocycles. The van der Waals surface area contributed by atoms with Crippen molar-refractivity contribution in [1.82, 2.24) is 0 Å². The lowest BCUT2D eigenvalue weighted by Gasteiger charge is -2.20. The van der Waals surface area contributed by atoms with E-state index < -0.39 is 8.07 Å². The average molecular weight is 288 g/mol. The third-order valence-corrected chi connectivity index (χ3v) is 6.47. The predicted octanol–water partition coefficient (Wildman–Crippen LogP) is 1.85. The Balaban J connectivity index is 2.37. The zero-order valence-electron chi connectivity index (χ0n) is 13.8. The second kappa shape index (κ2) is 3.88. The van der Waals surface area contributed by atoms with E-state index in [0.29, 0.717) is 0 Å². The highest BCUT2D eigenvalue weighted by molar-refractivity contribution is 6.76. The van der Waals surface area contributed by atoms with E-state index in [4.69, 9.17) is 0 Å². The van der Waals surface area contributed by atoms with Crippen molar-refractivity contribution in [3.05, 3.63) is 29.6 Å². The molecule has 0 aromatic carbocycles. The van der Waals surface area contributed by atoms with Crippen LogP contribution in [0.5, 0.6) is 0 Å². The van der Waals surface area contributed by atoms with Gasteiger partial charge in [0, 0.05) is 26.0 Å². The molecule has 1 aromatic rings. The highest BCUT2D eigenvalue weighted by atomic mass is 28.3. The largest absolute Gasteiger partial charge is 0.549 e. The van der Waals surface area contributed by atoms with Gasteiger partial charge in [0.15, 0.2) is 0 Å². The Hall–Kier alpha value is -1.29. The lowest BCUT2D eigenvalue weighted by molar-refractivity contribution is -1.04. The van der Waals surface area contributed by atoms with Gasteiger partial charge in [0.05, 0.1) is 8.07 Å². The summed E-state index contributed by atoms with van der Waals surface area (Å²) >= 11 is 0. The number of pyridine rings is 1. The maximum absolute atomic E-state index is 2.57. The quantitative estimate of drug-likeness (QED) is 0.581. The molecule has 0 unspecified atom stereocenters. The molecular weight excluding hydrogens is 262 g/mol. The third kappa shape index (κ3) is 1.48. The molecule has 20 heavy (non-hydrogen) atoms. The number of hydrogen-bond donors (Lipinski definition) is 0. The first-order valence-corrected chi connectivity index (χ1v) is 11.1. The highest BCUT2D eigenvalue weighted by Crippen LogP contribution is 2.33. The summed E-state index contributed by atoms with van der Waals surface area (Å²) in [5, 5.41) is 0. The van der Waals surface area contributed by atoms with Crippen molar-refractivity contribution in [2.75, 3.05) is 14.1 Å². The van der Waals surface area contributed by atoms with Crippen LogP contribution in [0.15, 0.2) is 18.2 Å². The van der Waals surface area contributed by atoms with Crippen LogP contribution in [0.3, 0.4) is 0 Å². The maximum atomic E-state index is 2.57. The van der Waals surface area contributed by atoms with Gasteiger partial charge in [-0.1, -0.05) is 24.2 Å². The van der Waals surface area contributed by atoms with Gasteiger partial charge < -0.3 is 0 Å². The smallest absolute Gasteiger partial charge is 0.105 e. The van der Waals surface area contributed by atoms with E-state index in [1.165, 1.54) is 28.9 Å². The van der Waals surface area contributed by atoms with Crippen molar-refractivity contribution in [2.24, 2.45) is 0 Å². The summed E-state index contributed by atoms with van der Waals surface area (Å²) in [7, 11) is 3.28. The molecule has 3 heterocycles. The lowest BCUT2D eigenvalue weighted by atomic mass is 10.2. The molecule has 3 nitrogen and oxygen atoms in total. The van der Waals surface area contributed by atoms with Crippen molar-refractivity contribution >= 4 is 19.5 Å². The fourth-order valence-corrected chi connectivity index (χ4v) is 5.95. The minimum Gasteiger partial charge on any atom is -0.105 e. The van der Waals surface area contributed by atoms with Crippen LogP contribution in [0.4, 0.5) is 0 Å². The van der Waals surface area contributed by atoms with Gasteiger partial charge in [-0.25, -0.2) is 0 Å². The number of nitrogens with zero attached hydrogens (tertiary/aromatic N) is 3. The highest BCUT2D eigenvalue weighted by Gasteiger charge is 2.72. The number of aromatic nitrogens is 1. The minimum absolute atomic E-state index is 0.0232. The van der Waals surface area contributed by atoms with Crippen molar-refractivity contribution in [1.29, 1.82) is 0 Å². The van der Waals surface area contributed by atoms with Crippen molar-refractivity contribution in [3.8, 4) is 0 Å². The summed E-state index contributed by atoms with van der Waals surface area (Å²) in [6.07, 6.45) is 0. The van der Waals surface area contributed by atoms with E-state index in [-0.39, 0.29) is 5.79 Å². The molecule has 0 amide bonds. The lowest BCUT2D eigenvalue weighted by Crippen LogP contribution is -2.65. The molecule has 1 aromatic heterocycles. The monoisotopic (exact) mass is 288 g/mol. The molecule has 2 aliphatic rings. The van der Waals surface area contributed by atoms with E-state index in [1.807, 2.05) is 0 Å². The first kappa shape index (κ1) is 13.7. The van der Waals surface area contributed by atoms with Crippen LogP contribution < -0.4 is 4.57 Å². The van der Waals surface area contributed by atoms with Crippen LogP contribution in [0.2, 0.25) is 25.7 Å². The Labute approximate surface area is 122 Å². The molecule has 0 aliphatic carbocycles. The fraction of sp³-hybridized carbons (Fsp3) is 0.562. The van der Waals surface area contributed by atoms with Crippen LogP contribution in [-0.2, 0) is 5.79 Å². The Morgan fingerprint density at radius 1 is 0.950 bits per heavy atom. The summed E-state index contributed by atoms with van der Waals surface area (Å²) in [5.74, 6) is -0.0232. The van der Waals surface area contributed by atoms with Gasteiger partial charge in [-0.05, 0) is 6.07 Å². The van der Waals surface area contributed by atoms with Gasteiger partial charge in [-0.2, -0.15) is 0 Å². The Kier molecular flexibility index (Phi) is 2.65. The molecule has 4 heteroatoms. The zero-order chi connectivity index (χ0) is 14.9. The van der Waals surface area contributed by atoms with Crippen LogP contribution in [-0.4, -0.2) is 42.7 Å². The van der Waals surface area contributed by atoms with Gasteiger partial charge in [0.2, 0.25) is 0 Å². The molecule has 3 rings (SSSR count). The van der Waals surface area contributed by atoms with Crippen molar-refractivity contribution < 1.29 is 13.7 Å². The second-order valence-electron chi connectivity index (χ2n) is 7.43. The van der Waals surface area contributed by atoms with Gasteiger partial charge in [0.1, 0.15) is 20.1 Å².